The zero-order valence-electron chi connectivity index (χ0n) is 14.6. The average Bonchev–Trinajstić information content (AvgIpc) is 3.50. The van der Waals surface area contributed by atoms with E-state index >= 15 is 0 Å². The molecule has 0 saturated heterocycles. The number of hydrogen-bond acceptors (Lipinski definition) is 3. The van der Waals surface area contributed by atoms with E-state index in [-0.39, 0.29) is 34.1 Å². The van der Waals surface area contributed by atoms with Gasteiger partial charge in [0.2, 0.25) is 0 Å². The molecule has 144 valence electrons. The third-order valence-corrected chi connectivity index (χ3v) is 4.94. The molecule has 3 aromatic rings. The van der Waals surface area contributed by atoms with E-state index in [9.17, 15) is 18.0 Å². The minimum absolute atomic E-state index is 0.0704. The average molecular weight is 406 g/mol. The van der Waals surface area contributed by atoms with Crippen molar-refractivity contribution >= 4 is 28.4 Å². The van der Waals surface area contributed by atoms with Gasteiger partial charge in [-0.25, -0.2) is 4.98 Å². The standard InChI is InChI=1S/C20H15ClF3N3O/c21-16-9-17(19(28)26-10-13-3-1-2-6-25-13)27-18-14(16)7-12(11-4-5-11)8-15(18)20(22,23)24/h1-3,6-9,11H,4-5,10H2,(H,26,28). The van der Waals surface area contributed by atoms with E-state index in [0.717, 1.165) is 18.9 Å². The maximum Gasteiger partial charge on any atom is 0.418 e. The Bertz CT molecular complexity index is 1050. The molecule has 0 unspecified atom stereocenters. The van der Waals surface area contributed by atoms with Crippen LogP contribution in [0.2, 0.25) is 5.02 Å². The summed E-state index contributed by atoms with van der Waals surface area (Å²) in [6.45, 7) is 0.129. The molecular formula is C20H15ClF3N3O. The summed E-state index contributed by atoms with van der Waals surface area (Å²) in [5.74, 6) is -0.489. The summed E-state index contributed by atoms with van der Waals surface area (Å²) in [6, 6.07) is 9.31. The predicted molar refractivity (Wildman–Crippen MR) is 99.1 cm³/mol. The van der Waals surface area contributed by atoms with Crippen molar-refractivity contribution in [2.45, 2.75) is 31.5 Å². The first-order valence-corrected chi connectivity index (χ1v) is 9.10. The Kier molecular flexibility index (Phi) is 4.71. The Morgan fingerprint density at radius 2 is 2.00 bits per heavy atom. The summed E-state index contributed by atoms with van der Waals surface area (Å²) < 4.78 is 40.9. The Hall–Kier alpha value is -2.67. The van der Waals surface area contributed by atoms with Gasteiger partial charge in [0, 0.05) is 11.6 Å². The quantitative estimate of drug-likeness (QED) is 0.656. The molecular weight excluding hydrogens is 391 g/mol. The molecule has 0 radical (unpaired) electrons. The first kappa shape index (κ1) is 18.7. The molecule has 0 bridgehead atoms. The molecule has 0 atom stereocenters. The van der Waals surface area contributed by atoms with Gasteiger partial charge in [-0.2, -0.15) is 13.2 Å². The van der Waals surface area contributed by atoms with Crippen LogP contribution in [0.1, 0.15) is 46.1 Å². The highest BCUT2D eigenvalue weighted by molar-refractivity contribution is 6.35. The Labute approximate surface area is 163 Å². The highest BCUT2D eigenvalue weighted by Gasteiger charge is 2.36. The molecule has 2 heterocycles. The van der Waals surface area contributed by atoms with Crippen molar-refractivity contribution in [3.8, 4) is 0 Å². The van der Waals surface area contributed by atoms with Gasteiger partial charge < -0.3 is 5.32 Å². The molecule has 28 heavy (non-hydrogen) atoms. The van der Waals surface area contributed by atoms with Crippen LogP contribution in [0.4, 0.5) is 13.2 Å². The number of benzene rings is 1. The summed E-state index contributed by atoms with van der Waals surface area (Å²) in [5, 5.41) is 2.88. The van der Waals surface area contributed by atoms with Gasteiger partial charge in [-0.3, -0.25) is 9.78 Å². The molecule has 1 aliphatic rings. The largest absolute Gasteiger partial charge is 0.418 e. The van der Waals surface area contributed by atoms with Crippen LogP contribution < -0.4 is 5.32 Å². The minimum Gasteiger partial charge on any atom is -0.345 e. The lowest BCUT2D eigenvalue weighted by Gasteiger charge is -2.14. The molecule has 1 fully saturated rings. The molecule has 0 aliphatic heterocycles. The molecule has 2 aromatic heterocycles. The summed E-state index contributed by atoms with van der Waals surface area (Å²) in [4.78, 5) is 20.5. The Balaban J connectivity index is 1.72. The van der Waals surface area contributed by atoms with E-state index < -0.39 is 17.6 Å². The maximum atomic E-state index is 13.6. The second-order valence-electron chi connectivity index (χ2n) is 6.73. The van der Waals surface area contributed by atoms with Crippen molar-refractivity contribution < 1.29 is 18.0 Å². The molecule has 8 heteroatoms. The van der Waals surface area contributed by atoms with Gasteiger partial charge in [-0.1, -0.05) is 17.7 Å². The van der Waals surface area contributed by atoms with Crippen molar-refractivity contribution in [3.63, 3.8) is 0 Å². The number of hydrogen-bond donors (Lipinski definition) is 1. The van der Waals surface area contributed by atoms with Crippen LogP contribution in [-0.4, -0.2) is 15.9 Å². The van der Waals surface area contributed by atoms with Gasteiger partial charge in [0.25, 0.3) is 5.91 Å². The number of nitrogens with one attached hydrogen (secondary N) is 1. The molecule has 0 spiro atoms. The van der Waals surface area contributed by atoms with Gasteiger partial charge in [0.05, 0.1) is 28.3 Å². The number of carbonyl (C=O) groups excluding carboxylic acids is 1. The van der Waals surface area contributed by atoms with Crippen LogP contribution in [0.15, 0.2) is 42.6 Å². The zero-order valence-corrected chi connectivity index (χ0v) is 15.3. The lowest BCUT2D eigenvalue weighted by Crippen LogP contribution is -2.24. The molecule has 4 rings (SSSR count). The van der Waals surface area contributed by atoms with Crippen molar-refractivity contribution in [2.75, 3.05) is 0 Å². The van der Waals surface area contributed by atoms with E-state index in [1.165, 1.54) is 6.07 Å². The fourth-order valence-corrected chi connectivity index (χ4v) is 3.31. The van der Waals surface area contributed by atoms with Crippen molar-refractivity contribution in [2.24, 2.45) is 0 Å². The Morgan fingerprint density at radius 1 is 1.21 bits per heavy atom. The first-order chi connectivity index (χ1) is 13.3. The fourth-order valence-electron chi connectivity index (χ4n) is 3.06. The monoisotopic (exact) mass is 405 g/mol. The first-order valence-electron chi connectivity index (χ1n) is 8.72. The van der Waals surface area contributed by atoms with Crippen LogP contribution in [0.3, 0.4) is 0 Å². The topological polar surface area (TPSA) is 54.9 Å². The summed E-state index contributed by atoms with van der Waals surface area (Å²) in [7, 11) is 0. The maximum absolute atomic E-state index is 13.6. The number of nitrogens with zero attached hydrogens (tertiary/aromatic N) is 2. The van der Waals surface area contributed by atoms with Gasteiger partial charge >= 0.3 is 6.18 Å². The minimum atomic E-state index is -4.59. The molecule has 1 aromatic carbocycles. The third-order valence-electron chi connectivity index (χ3n) is 4.63. The van der Waals surface area contributed by atoms with Gasteiger partial charge in [0.1, 0.15) is 5.69 Å². The third kappa shape index (κ3) is 3.80. The van der Waals surface area contributed by atoms with Gasteiger partial charge in [0.15, 0.2) is 0 Å². The van der Waals surface area contributed by atoms with Gasteiger partial charge in [-0.15, -0.1) is 0 Å². The number of fused-ring (bicyclic) bond motifs is 1. The number of carbonyl (C=O) groups is 1. The van der Waals surface area contributed by atoms with Gasteiger partial charge in [-0.05, 0) is 54.7 Å². The zero-order chi connectivity index (χ0) is 19.9. The van der Waals surface area contributed by atoms with E-state index in [1.54, 1.807) is 30.5 Å². The Morgan fingerprint density at radius 3 is 2.64 bits per heavy atom. The van der Waals surface area contributed by atoms with Crippen molar-refractivity contribution in [1.29, 1.82) is 0 Å². The molecule has 1 saturated carbocycles. The second-order valence-corrected chi connectivity index (χ2v) is 7.14. The van der Waals surface area contributed by atoms with Crippen LogP contribution in [0, 0.1) is 0 Å². The summed E-state index contributed by atoms with van der Waals surface area (Å²) in [6.07, 6.45) is -1.29. The summed E-state index contributed by atoms with van der Waals surface area (Å²) in [5.41, 5.74) is -0.123. The van der Waals surface area contributed by atoms with Crippen LogP contribution in [0.5, 0.6) is 0 Å². The molecule has 1 amide bonds. The lowest BCUT2D eigenvalue weighted by atomic mass is 10.0. The number of aromatic nitrogens is 2. The van der Waals surface area contributed by atoms with E-state index in [1.807, 2.05) is 0 Å². The number of amides is 1. The smallest absolute Gasteiger partial charge is 0.345 e. The van der Waals surface area contributed by atoms with Crippen molar-refractivity contribution in [3.05, 3.63) is 70.1 Å². The van der Waals surface area contributed by atoms with E-state index in [0.29, 0.717) is 11.3 Å². The lowest BCUT2D eigenvalue weighted by molar-refractivity contribution is -0.136. The normalized spacial score (nSPS) is 14.3. The molecule has 4 nitrogen and oxygen atoms in total. The molecule has 1 N–H and O–H groups in total. The second kappa shape index (κ2) is 7.05. The number of rotatable bonds is 4. The van der Waals surface area contributed by atoms with E-state index in [4.69, 9.17) is 11.6 Å². The number of pyridine rings is 2. The van der Waals surface area contributed by atoms with Crippen LogP contribution >= 0.6 is 11.6 Å². The van der Waals surface area contributed by atoms with E-state index in [2.05, 4.69) is 15.3 Å². The SMILES string of the molecule is O=C(NCc1ccccn1)c1cc(Cl)c2cc(C3CC3)cc(C(F)(F)F)c2n1. The summed E-state index contributed by atoms with van der Waals surface area (Å²) >= 11 is 6.24. The van der Waals surface area contributed by atoms with Crippen LogP contribution in [0.25, 0.3) is 10.9 Å². The fraction of sp³-hybridized carbons (Fsp3) is 0.250. The highest BCUT2D eigenvalue weighted by Crippen LogP contribution is 2.45. The number of alkyl halides is 3. The predicted octanol–water partition coefficient (Wildman–Crippen LogP) is 5.11. The van der Waals surface area contributed by atoms with Crippen molar-refractivity contribution in [1.82, 2.24) is 15.3 Å². The number of halogens is 4. The van der Waals surface area contributed by atoms with Crippen LogP contribution in [-0.2, 0) is 12.7 Å². The highest BCUT2D eigenvalue weighted by atomic mass is 35.5. The molecule has 1 aliphatic carbocycles.